The third kappa shape index (κ3) is 1.23. The van der Waals surface area contributed by atoms with E-state index in [1.807, 2.05) is 0 Å². The van der Waals surface area contributed by atoms with E-state index in [9.17, 15) is 4.79 Å². The van der Waals surface area contributed by atoms with E-state index < -0.39 is 5.97 Å². The number of fused-ring (bicyclic) bond motifs is 1. The highest BCUT2D eigenvalue weighted by atomic mass is 35.5. The van der Waals surface area contributed by atoms with E-state index in [4.69, 9.17) is 16.7 Å². The molecule has 0 unspecified atom stereocenters. The summed E-state index contributed by atoms with van der Waals surface area (Å²) in [5, 5.41) is 9.65. The van der Waals surface area contributed by atoms with Crippen LogP contribution in [0.5, 0.6) is 0 Å². The molecule has 1 N–H and O–H groups in total. The first-order chi connectivity index (χ1) is 6.63. The van der Waals surface area contributed by atoms with Crippen LogP contribution >= 0.6 is 11.6 Å². The van der Waals surface area contributed by atoms with Crippen LogP contribution in [0.1, 0.15) is 34.5 Å². The molecule has 76 valence electrons. The molecule has 14 heavy (non-hydrogen) atoms. The molecule has 2 rings (SSSR count). The maximum Gasteiger partial charge on any atom is 0.352 e. The maximum absolute atomic E-state index is 11.0. The lowest BCUT2D eigenvalue weighted by Crippen LogP contribution is -2.09. The molecule has 0 aliphatic heterocycles. The van der Waals surface area contributed by atoms with Gasteiger partial charge in [0, 0.05) is 7.05 Å². The number of aromatic carboxylic acids is 1. The average Bonchev–Trinajstić information content (AvgIpc) is 2.41. The van der Waals surface area contributed by atoms with Crippen molar-refractivity contribution in [2.75, 3.05) is 0 Å². The van der Waals surface area contributed by atoms with Crippen molar-refractivity contribution >= 4 is 17.6 Å². The van der Waals surface area contributed by atoms with E-state index in [1.54, 1.807) is 11.6 Å². The largest absolute Gasteiger partial charge is 0.477 e. The molecule has 0 spiro atoms. The number of nitrogens with zero attached hydrogens (tertiary/aromatic N) is 1. The molecular formula is C10H12ClNO2. The quantitative estimate of drug-likeness (QED) is 0.778. The number of hydrogen-bond donors (Lipinski definition) is 1. The van der Waals surface area contributed by atoms with Gasteiger partial charge >= 0.3 is 5.97 Å². The Morgan fingerprint density at radius 2 is 1.93 bits per heavy atom. The molecule has 1 aliphatic rings. The van der Waals surface area contributed by atoms with Crippen LogP contribution in [-0.4, -0.2) is 15.6 Å². The number of carboxylic acids is 1. The van der Waals surface area contributed by atoms with Crippen LogP contribution in [0.3, 0.4) is 0 Å². The standard InChI is InChI=1S/C10H12ClNO2/c1-12-8(10(13)14)6-4-2-3-5-7(6)9(12)11/h2-5H2,1H3,(H,13,14). The van der Waals surface area contributed by atoms with E-state index >= 15 is 0 Å². The molecule has 3 nitrogen and oxygen atoms in total. The highest BCUT2D eigenvalue weighted by molar-refractivity contribution is 6.31. The van der Waals surface area contributed by atoms with Gasteiger partial charge in [-0.1, -0.05) is 11.6 Å². The Kier molecular flexibility index (Phi) is 2.27. The zero-order valence-electron chi connectivity index (χ0n) is 8.01. The molecular weight excluding hydrogens is 202 g/mol. The van der Waals surface area contributed by atoms with Crippen LogP contribution in [0.4, 0.5) is 0 Å². The fraction of sp³-hybridized carbons (Fsp3) is 0.500. The van der Waals surface area contributed by atoms with Crippen molar-refractivity contribution < 1.29 is 9.90 Å². The lowest BCUT2D eigenvalue weighted by molar-refractivity contribution is 0.0685. The molecule has 1 heterocycles. The Morgan fingerprint density at radius 3 is 2.50 bits per heavy atom. The summed E-state index contributed by atoms with van der Waals surface area (Å²) in [7, 11) is 1.71. The van der Waals surface area contributed by atoms with Gasteiger partial charge in [-0.2, -0.15) is 0 Å². The van der Waals surface area contributed by atoms with E-state index in [0.717, 1.165) is 36.8 Å². The van der Waals surface area contributed by atoms with Gasteiger partial charge < -0.3 is 9.67 Å². The molecule has 1 aromatic rings. The smallest absolute Gasteiger partial charge is 0.352 e. The van der Waals surface area contributed by atoms with Crippen molar-refractivity contribution in [3.05, 3.63) is 22.0 Å². The van der Waals surface area contributed by atoms with Gasteiger partial charge in [0.1, 0.15) is 10.8 Å². The minimum atomic E-state index is -0.877. The van der Waals surface area contributed by atoms with Crippen molar-refractivity contribution in [3.8, 4) is 0 Å². The zero-order chi connectivity index (χ0) is 10.3. The highest BCUT2D eigenvalue weighted by Crippen LogP contribution is 2.32. The molecule has 0 amide bonds. The second kappa shape index (κ2) is 3.31. The second-order valence-electron chi connectivity index (χ2n) is 3.67. The Hall–Kier alpha value is -0.960. The van der Waals surface area contributed by atoms with E-state index in [0.29, 0.717) is 10.8 Å². The van der Waals surface area contributed by atoms with E-state index in [1.165, 1.54) is 0 Å². The van der Waals surface area contributed by atoms with Gasteiger partial charge in [0.2, 0.25) is 0 Å². The minimum Gasteiger partial charge on any atom is -0.477 e. The molecule has 0 radical (unpaired) electrons. The Labute approximate surface area is 87.3 Å². The lowest BCUT2D eigenvalue weighted by atomic mass is 9.94. The molecule has 0 aromatic carbocycles. The van der Waals surface area contributed by atoms with Gasteiger partial charge in [0.25, 0.3) is 0 Å². The van der Waals surface area contributed by atoms with Crippen molar-refractivity contribution in [2.24, 2.45) is 7.05 Å². The van der Waals surface area contributed by atoms with Crippen LogP contribution in [0.2, 0.25) is 5.15 Å². The lowest BCUT2D eigenvalue weighted by Gasteiger charge is -2.11. The van der Waals surface area contributed by atoms with Crippen LogP contribution < -0.4 is 0 Å². The predicted octanol–water partition coefficient (Wildman–Crippen LogP) is 2.26. The Bertz CT molecular complexity index is 395. The normalized spacial score (nSPS) is 15.3. The van der Waals surface area contributed by atoms with Crippen molar-refractivity contribution in [2.45, 2.75) is 25.7 Å². The summed E-state index contributed by atoms with van der Waals surface area (Å²) in [6.07, 6.45) is 3.93. The van der Waals surface area contributed by atoms with Crippen molar-refractivity contribution in [1.29, 1.82) is 0 Å². The SMILES string of the molecule is Cn1c(Cl)c2c(c1C(=O)O)CCCC2. The highest BCUT2D eigenvalue weighted by Gasteiger charge is 2.25. The van der Waals surface area contributed by atoms with Gasteiger partial charge in [-0.25, -0.2) is 4.79 Å². The maximum atomic E-state index is 11.0. The Balaban J connectivity index is 2.65. The topological polar surface area (TPSA) is 42.2 Å². The van der Waals surface area contributed by atoms with Gasteiger partial charge in [0.15, 0.2) is 0 Å². The molecule has 0 atom stereocenters. The molecule has 0 saturated heterocycles. The van der Waals surface area contributed by atoms with Gasteiger partial charge in [-0.3, -0.25) is 0 Å². The number of rotatable bonds is 1. The Morgan fingerprint density at radius 1 is 1.36 bits per heavy atom. The summed E-state index contributed by atoms with van der Waals surface area (Å²) in [4.78, 5) is 11.0. The minimum absolute atomic E-state index is 0.365. The van der Waals surface area contributed by atoms with Crippen LogP contribution in [-0.2, 0) is 19.9 Å². The van der Waals surface area contributed by atoms with Gasteiger partial charge in [0.05, 0.1) is 0 Å². The third-order valence-electron chi connectivity index (χ3n) is 2.84. The predicted molar refractivity (Wildman–Crippen MR) is 54.0 cm³/mol. The molecule has 0 saturated carbocycles. The monoisotopic (exact) mass is 213 g/mol. The summed E-state index contributed by atoms with van der Waals surface area (Å²) in [6, 6.07) is 0. The van der Waals surface area contributed by atoms with Gasteiger partial charge in [-0.05, 0) is 36.8 Å². The summed E-state index contributed by atoms with van der Waals surface area (Å²) in [5.74, 6) is -0.877. The first-order valence-corrected chi connectivity index (χ1v) is 5.10. The molecule has 1 aromatic heterocycles. The second-order valence-corrected chi connectivity index (χ2v) is 4.03. The fourth-order valence-corrected chi connectivity index (χ4v) is 2.46. The molecule has 0 fully saturated rings. The number of carboxylic acid groups (broad SMARTS) is 1. The summed E-state index contributed by atoms with van der Waals surface area (Å²) in [6.45, 7) is 0. The zero-order valence-corrected chi connectivity index (χ0v) is 8.76. The average molecular weight is 214 g/mol. The first kappa shape index (κ1) is 9.59. The number of halogens is 1. The fourth-order valence-electron chi connectivity index (χ4n) is 2.17. The van der Waals surface area contributed by atoms with Crippen LogP contribution in [0, 0.1) is 0 Å². The third-order valence-corrected chi connectivity index (χ3v) is 3.32. The summed E-state index contributed by atoms with van der Waals surface area (Å²) >= 11 is 6.08. The van der Waals surface area contributed by atoms with Gasteiger partial charge in [-0.15, -0.1) is 0 Å². The first-order valence-electron chi connectivity index (χ1n) is 4.72. The molecule has 1 aliphatic carbocycles. The summed E-state index contributed by atoms with van der Waals surface area (Å²) < 4.78 is 1.58. The summed E-state index contributed by atoms with van der Waals surface area (Å²) in [5.41, 5.74) is 2.35. The van der Waals surface area contributed by atoms with Crippen LogP contribution in [0.15, 0.2) is 0 Å². The molecule has 0 bridgehead atoms. The van der Waals surface area contributed by atoms with E-state index in [2.05, 4.69) is 0 Å². The van der Waals surface area contributed by atoms with Crippen molar-refractivity contribution in [1.82, 2.24) is 4.57 Å². The number of hydrogen-bond acceptors (Lipinski definition) is 1. The molecule has 4 heteroatoms. The van der Waals surface area contributed by atoms with Crippen LogP contribution in [0.25, 0.3) is 0 Å². The number of carbonyl (C=O) groups is 1. The number of aromatic nitrogens is 1. The van der Waals surface area contributed by atoms with E-state index in [-0.39, 0.29) is 0 Å². The van der Waals surface area contributed by atoms with Crippen molar-refractivity contribution in [3.63, 3.8) is 0 Å².